The fourth-order valence-electron chi connectivity index (χ4n) is 3.21. The lowest BCUT2D eigenvalue weighted by atomic mass is 10.1. The Morgan fingerprint density at radius 2 is 2.16 bits per heavy atom. The topological polar surface area (TPSA) is 94.4 Å². The van der Waals surface area contributed by atoms with Crippen molar-refractivity contribution in [2.45, 2.75) is 25.4 Å². The lowest BCUT2D eigenvalue weighted by Crippen LogP contribution is -2.47. The molecule has 1 aromatic carbocycles. The van der Waals surface area contributed by atoms with Crippen molar-refractivity contribution in [3.8, 4) is 0 Å². The smallest absolute Gasteiger partial charge is 0.297 e. The highest BCUT2D eigenvalue weighted by atomic mass is 35.5. The number of para-hydroxylation sites is 1. The van der Waals surface area contributed by atoms with Crippen molar-refractivity contribution in [2.75, 3.05) is 13.1 Å². The number of rotatable bonds is 2. The minimum Gasteiger partial charge on any atom is -0.448 e. The average molecular weight is 363 g/mol. The number of hydrogen-bond donors (Lipinski definition) is 1. The molecule has 0 bridgehead atoms. The largest absolute Gasteiger partial charge is 0.448 e. The molecule has 0 radical (unpaired) electrons. The minimum absolute atomic E-state index is 0. The second kappa shape index (κ2) is 6.85. The molecule has 25 heavy (non-hydrogen) atoms. The van der Waals surface area contributed by atoms with E-state index in [1.807, 2.05) is 18.2 Å². The molecule has 3 heterocycles. The summed E-state index contributed by atoms with van der Waals surface area (Å²) >= 11 is 0. The van der Waals surface area contributed by atoms with Gasteiger partial charge in [-0.1, -0.05) is 12.1 Å². The fraction of sp³-hybridized carbons (Fsp3) is 0.353. The third kappa shape index (κ3) is 3.12. The number of halogens is 1. The summed E-state index contributed by atoms with van der Waals surface area (Å²) in [4.78, 5) is 31.1. The number of hydrogen-bond acceptors (Lipinski definition) is 5. The number of furan rings is 1. The second-order valence-corrected chi connectivity index (χ2v) is 6.20. The third-order valence-corrected chi connectivity index (χ3v) is 4.47. The highest BCUT2D eigenvalue weighted by Crippen LogP contribution is 2.24. The molecule has 1 saturated heterocycles. The van der Waals surface area contributed by atoms with E-state index in [0.717, 1.165) is 18.2 Å². The number of nitrogens with zero attached hydrogens (tertiary/aromatic N) is 3. The Labute approximate surface area is 149 Å². The first-order valence-electron chi connectivity index (χ1n) is 8.03. The Morgan fingerprint density at radius 3 is 2.96 bits per heavy atom. The van der Waals surface area contributed by atoms with E-state index in [2.05, 4.69) is 4.98 Å². The molecule has 7 nitrogen and oxygen atoms in total. The number of nitrogens with two attached hydrogens (primary N) is 1. The van der Waals surface area contributed by atoms with E-state index >= 15 is 0 Å². The molecule has 1 fully saturated rings. The van der Waals surface area contributed by atoms with Crippen LogP contribution in [0, 0.1) is 0 Å². The molecule has 1 aliphatic rings. The predicted molar refractivity (Wildman–Crippen MR) is 96.8 cm³/mol. The minimum atomic E-state index is -0.342. The summed E-state index contributed by atoms with van der Waals surface area (Å²) < 4.78 is 6.93. The van der Waals surface area contributed by atoms with Gasteiger partial charge >= 0.3 is 0 Å². The summed E-state index contributed by atoms with van der Waals surface area (Å²) in [5, 5.41) is 0.796. The van der Waals surface area contributed by atoms with Crippen molar-refractivity contribution in [2.24, 2.45) is 5.73 Å². The standard InChI is InChI=1S/C17H18N4O3.ClH/c18-11-4-3-7-20(8-11)14(22)9-21-10-19-15-12-5-1-2-6-13(12)24-16(15)17(21)23;/h1-2,5-6,10-11H,3-4,7-9,18H2;1H. The molecular formula is C17H19ClN4O3. The third-order valence-electron chi connectivity index (χ3n) is 4.47. The first-order valence-corrected chi connectivity index (χ1v) is 8.03. The van der Waals surface area contributed by atoms with Crippen LogP contribution >= 0.6 is 12.4 Å². The molecule has 132 valence electrons. The number of benzene rings is 1. The first-order chi connectivity index (χ1) is 11.6. The van der Waals surface area contributed by atoms with E-state index in [0.29, 0.717) is 24.2 Å². The van der Waals surface area contributed by atoms with Gasteiger partial charge in [0.15, 0.2) is 0 Å². The number of piperidine rings is 1. The second-order valence-electron chi connectivity index (χ2n) is 6.20. The zero-order valence-corrected chi connectivity index (χ0v) is 14.4. The Kier molecular flexibility index (Phi) is 4.78. The van der Waals surface area contributed by atoms with Gasteiger partial charge in [0.25, 0.3) is 5.56 Å². The maximum atomic E-state index is 12.6. The van der Waals surface area contributed by atoms with E-state index in [1.165, 1.54) is 10.9 Å². The number of aromatic nitrogens is 2. The molecule has 2 N–H and O–H groups in total. The van der Waals surface area contributed by atoms with Gasteiger partial charge in [0.2, 0.25) is 11.5 Å². The van der Waals surface area contributed by atoms with Crippen LogP contribution in [0.3, 0.4) is 0 Å². The summed E-state index contributed by atoms with van der Waals surface area (Å²) in [5.74, 6) is -0.121. The summed E-state index contributed by atoms with van der Waals surface area (Å²) in [7, 11) is 0. The number of carbonyl (C=O) groups is 1. The number of likely N-dealkylation sites (tertiary alicyclic amines) is 1. The fourth-order valence-corrected chi connectivity index (χ4v) is 3.21. The summed E-state index contributed by atoms with van der Waals surface area (Å²) in [6, 6.07) is 7.37. The van der Waals surface area contributed by atoms with Crippen LogP contribution in [-0.2, 0) is 11.3 Å². The maximum Gasteiger partial charge on any atom is 0.297 e. The van der Waals surface area contributed by atoms with E-state index in [-0.39, 0.29) is 42.0 Å². The van der Waals surface area contributed by atoms with Crippen molar-refractivity contribution in [1.29, 1.82) is 0 Å². The number of amides is 1. The SMILES string of the molecule is Cl.NC1CCCN(C(=O)Cn2cnc3c(oc4ccccc43)c2=O)C1. The van der Waals surface area contributed by atoms with Crippen LogP contribution in [0.1, 0.15) is 12.8 Å². The molecule has 0 aliphatic carbocycles. The molecule has 1 aliphatic heterocycles. The zero-order valence-electron chi connectivity index (χ0n) is 13.6. The Hall–Kier alpha value is -2.38. The lowest BCUT2D eigenvalue weighted by Gasteiger charge is -2.30. The van der Waals surface area contributed by atoms with Gasteiger partial charge in [0.05, 0.1) is 6.33 Å². The molecule has 4 rings (SSSR count). The van der Waals surface area contributed by atoms with E-state index in [1.54, 1.807) is 11.0 Å². The Balaban J connectivity index is 0.00000182. The van der Waals surface area contributed by atoms with Crippen molar-refractivity contribution < 1.29 is 9.21 Å². The van der Waals surface area contributed by atoms with E-state index in [9.17, 15) is 9.59 Å². The Bertz CT molecular complexity index is 981. The average Bonchev–Trinajstić information content (AvgIpc) is 2.97. The molecule has 0 spiro atoms. The van der Waals surface area contributed by atoms with Gasteiger partial charge in [-0.15, -0.1) is 12.4 Å². The quantitative estimate of drug-likeness (QED) is 0.745. The highest BCUT2D eigenvalue weighted by molar-refractivity contribution is 6.01. The monoisotopic (exact) mass is 362 g/mol. The van der Waals surface area contributed by atoms with Gasteiger partial charge in [-0.05, 0) is 25.0 Å². The van der Waals surface area contributed by atoms with Crippen molar-refractivity contribution in [3.05, 3.63) is 40.9 Å². The molecule has 8 heteroatoms. The summed E-state index contributed by atoms with van der Waals surface area (Å²) in [5.41, 5.74) is 6.90. The van der Waals surface area contributed by atoms with E-state index < -0.39 is 0 Å². The van der Waals surface area contributed by atoms with Crippen molar-refractivity contribution in [3.63, 3.8) is 0 Å². The van der Waals surface area contributed by atoms with Crippen molar-refractivity contribution in [1.82, 2.24) is 14.5 Å². The van der Waals surface area contributed by atoms with Gasteiger partial charge in [-0.25, -0.2) is 4.98 Å². The number of fused-ring (bicyclic) bond motifs is 3. The van der Waals surface area contributed by atoms with Gasteiger partial charge in [-0.2, -0.15) is 0 Å². The van der Waals surface area contributed by atoms with Crippen molar-refractivity contribution >= 4 is 40.4 Å². The summed E-state index contributed by atoms with van der Waals surface area (Å²) in [6.45, 7) is 1.17. The van der Waals surface area contributed by atoms with Crippen LogP contribution in [0.2, 0.25) is 0 Å². The van der Waals surface area contributed by atoms with Crippen LogP contribution in [-0.4, -0.2) is 39.5 Å². The molecule has 1 amide bonds. The van der Waals surface area contributed by atoms with Crippen LogP contribution < -0.4 is 11.3 Å². The van der Waals surface area contributed by atoms with Gasteiger partial charge < -0.3 is 15.1 Å². The molecule has 3 aromatic rings. The van der Waals surface area contributed by atoms with Crippen LogP contribution in [0.5, 0.6) is 0 Å². The predicted octanol–water partition coefficient (Wildman–Crippen LogP) is 1.51. The Morgan fingerprint density at radius 1 is 1.36 bits per heavy atom. The molecule has 2 aromatic heterocycles. The first kappa shape index (κ1) is 17.4. The van der Waals surface area contributed by atoms with Crippen LogP contribution in [0.15, 0.2) is 39.8 Å². The normalized spacial score (nSPS) is 17.6. The highest BCUT2D eigenvalue weighted by Gasteiger charge is 2.22. The zero-order chi connectivity index (χ0) is 16.7. The molecule has 1 atom stereocenters. The van der Waals surface area contributed by atoms with Crippen LogP contribution in [0.4, 0.5) is 0 Å². The molecule has 0 saturated carbocycles. The maximum absolute atomic E-state index is 12.6. The van der Waals surface area contributed by atoms with Crippen LogP contribution in [0.25, 0.3) is 22.1 Å². The van der Waals surface area contributed by atoms with Gasteiger partial charge in [-0.3, -0.25) is 14.2 Å². The van der Waals surface area contributed by atoms with E-state index in [4.69, 9.17) is 10.2 Å². The number of carbonyl (C=O) groups excluding carboxylic acids is 1. The summed E-state index contributed by atoms with van der Waals surface area (Å²) in [6.07, 6.45) is 3.23. The van der Waals surface area contributed by atoms with Gasteiger partial charge in [0, 0.05) is 24.5 Å². The lowest BCUT2D eigenvalue weighted by molar-refractivity contribution is -0.133. The molecular weight excluding hydrogens is 344 g/mol. The molecule has 1 unspecified atom stereocenters. The van der Waals surface area contributed by atoms with Gasteiger partial charge in [0.1, 0.15) is 17.6 Å².